The first-order valence-corrected chi connectivity index (χ1v) is 7.30. The summed E-state index contributed by atoms with van der Waals surface area (Å²) in [5.74, 6) is -1.76. The van der Waals surface area contributed by atoms with E-state index in [0.29, 0.717) is 12.0 Å². The second-order valence-electron chi connectivity index (χ2n) is 5.06. The number of halogens is 3. The highest BCUT2D eigenvalue weighted by Gasteiger charge is 2.38. The van der Waals surface area contributed by atoms with Crippen LogP contribution in [0, 0.1) is 0 Å². The maximum Gasteiger partial charge on any atom is 0.471 e. The summed E-state index contributed by atoms with van der Waals surface area (Å²) in [5, 5.41) is 4.52. The third-order valence-corrected chi connectivity index (χ3v) is 3.27. The van der Waals surface area contributed by atoms with Gasteiger partial charge in [-0.3, -0.25) is 9.63 Å². The Bertz CT molecular complexity index is 726. The molecule has 0 radical (unpaired) electrons. The number of alkyl halides is 3. The lowest BCUT2D eigenvalue weighted by atomic mass is 10.1. The second-order valence-corrected chi connectivity index (χ2v) is 5.06. The minimum Gasteiger partial charge on any atom is -0.329 e. The zero-order valence-corrected chi connectivity index (χ0v) is 13.4. The highest BCUT2D eigenvalue weighted by molar-refractivity contribution is 5.75. The molecule has 0 saturated carbocycles. The quantitative estimate of drug-likeness (QED) is 0.561. The van der Waals surface area contributed by atoms with E-state index < -0.39 is 12.1 Å². The minimum absolute atomic E-state index is 0.162. The third kappa shape index (κ3) is 4.90. The number of hydrogen-bond acceptors (Lipinski definition) is 5. The summed E-state index contributed by atoms with van der Waals surface area (Å²) in [6.07, 6.45) is -2.23. The van der Waals surface area contributed by atoms with Crippen LogP contribution in [0.15, 0.2) is 41.4 Å². The Kier molecular flexibility index (Phi) is 5.92. The molecule has 25 heavy (non-hydrogen) atoms. The van der Waals surface area contributed by atoms with Crippen molar-refractivity contribution in [1.82, 2.24) is 15.2 Å². The van der Waals surface area contributed by atoms with Gasteiger partial charge in [0.15, 0.2) is 0 Å². The van der Waals surface area contributed by atoms with Gasteiger partial charge in [0.2, 0.25) is 11.7 Å². The van der Waals surface area contributed by atoms with Gasteiger partial charge in [-0.1, -0.05) is 35.5 Å². The normalized spacial score (nSPS) is 11.4. The number of allylic oxidation sites excluding steroid dienone is 1. The van der Waals surface area contributed by atoms with Crippen LogP contribution >= 0.6 is 0 Å². The molecule has 0 unspecified atom stereocenters. The van der Waals surface area contributed by atoms with Gasteiger partial charge in [0.05, 0.1) is 13.7 Å². The van der Waals surface area contributed by atoms with Crippen LogP contribution in [0.5, 0.6) is 0 Å². The third-order valence-electron chi connectivity index (χ3n) is 3.27. The fraction of sp³-hybridized carbons (Fsp3) is 0.312. The van der Waals surface area contributed by atoms with Crippen LogP contribution in [0.3, 0.4) is 0 Å². The van der Waals surface area contributed by atoms with Gasteiger partial charge in [-0.25, -0.2) is 5.06 Å². The van der Waals surface area contributed by atoms with Gasteiger partial charge in [0, 0.05) is 12.0 Å². The maximum atomic E-state index is 12.5. The summed E-state index contributed by atoms with van der Waals surface area (Å²) in [5.41, 5.74) is 1.10. The van der Waals surface area contributed by atoms with Gasteiger partial charge in [-0.15, -0.1) is 6.58 Å². The maximum absolute atomic E-state index is 12.5. The van der Waals surface area contributed by atoms with E-state index in [0.717, 1.165) is 5.56 Å². The summed E-state index contributed by atoms with van der Waals surface area (Å²) in [6, 6.07) is 6.38. The van der Waals surface area contributed by atoms with Crippen molar-refractivity contribution in [3.63, 3.8) is 0 Å². The molecule has 0 aliphatic heterocycles. The molecule has 1 aromatic carbocycles. The number of carbonyl (C=O) groups excluding carboxylic acids is 1. The second kappa shape index (κ2) is 7.93. The SMILES string of the molecule is C=CCCC(=O)N(Cc1ccc(-c2noc(C(F)(F)F)n2)cc1)OC. The molecule has 9 heteroatoms. The molecule has 1 heterocycles. The van der Waals surface area contributed by atoms with E-state index in [-0.39, 0.29) is 24.7 Å². The van der Waals surface area contributed by atoms with E-state index in [9.17, 15) is 18.0 Å². The zero-order chi connectivity index (χ0) is 18.4. The van der Waals surface area contributed by atoms with Crippen LogP contribution < -0.4 is 0 Å². The van der Waals surface area contributed by atoms with Crippen molar-refractivity contribution in [2.75, 3.05) is 7.11 Å². The number of amides is 1. The predicted octanol–water partition coefficient (Wildman–Crippen LogP) is 3.61. The number of hydrogen-bond donors (Lipinski definition) is 0. The van der Waals surface area contributed by atoms with Crippen LogP contribution in [0.4, 0.5) is 13.2 Å². The van der Waals surface area contributed by atoms with E-state index in [4.69, 9.17) is 4.84 Å². The lowest BCUT2D eigenvalue weighted by molar-refractivity contribution is -0.179. The van der Waals surface area contributed by atoms with Gasteiger partial charge in [-0.2, -0.15) is 18.2 Å². The minimum atomic E-state index is -4.68. The first-order chi connectivity index (χ1) is 11.8. The average molecular weight is 355 g/mol. The highest BCUT2D eigenvalue weighted by Crippen LogP contribution is 2.29. The molecule has 1 aromatic heterocycles. The van der Waals surface area contributed by atoms with Crippen molar-refractivity contribution in [3.8, 4) is 11.4 Å². The summed E-state index contributed by atoms with van der Waals surface area (Å²) < 4.78 is 41.6. The highest BCUT2D eigenvalue weighted by atomic mass is 19.4. The topological polar surface area (TPSA) is 68.5 Å². The van der Waals surface area contributed by atoms with Crippen molar-refractivity contribution in [1.29, 1.82) is 0 Å². The molecule has 0 aliphatic carbocycles. The lowest BCUT2D eigenvalue weighted by Crippen LogP contribution is -2.29. The van der Waals surface area contributed by atoms with E-state index in [1.807, 2.05) is 0 Å². The summed E-state index contributed by atoms with van der Waals surface area (Å²) in [6.45, 7) is 3.76. The van der Waals surface area contributed by atoms with Gasteiger partial charge < -0.3 is 4.52 Å². The van der Waals surface area contributed by atoms with Gasteiger partial charge in [0.25, 0.3) is 0 Å². The van der Waals surface area contributed by atoms with E-state index >= 15 is 0 Å². The molecule has 0 spiro atoms. The molecular formula is C16H16F3N3O3. The lowest BCUT2D eigenvalue weighted by Gasteiger charge is -2.19. The molecule has 0 atom stereocenters. The van der Waals surface area contributed by atoms with Crippen molar-refractivity contribution >= 4 is 5.91 Å². The molecule has 0 N–H and O–H groups in total. The van der Waals surface area contributed by atoms with Gasteiger partial charge >= 0.3 is 12.1 Å². The molecule has 0 bridgehead atoms. The molecular weight excluding hydrogens is 339 g/mol. The van der Waals surface area contributed by atoms with Crippen LogP contribution in [0.1, 0.15) is 24.3 Å². The molecule has 6 nitrogen and oxygen atoms in total. The van der Waals surface area contributed by atoms with Crippen LogP contribution in [-0.4, -0.2) is 28.2 Å². The Balaban J connectivity index is 2.07. The Morgan fingerprint density at radius 2 is 2.04 bits per heavy atom. The van der Waals surface area contributed by atoms with Crippen molar-refractivity contribution in [2.24, 2.45) is 0 Å². The van der Waals surface area contributed by atoms with Gasteiger partial charge in [-0.05, 0) is 12.0 Å². The zero-order valence-electron chi connectivity index (χ0n) is 13.4. The average Bonchev–Trinajstić information content (AvgIpc) is 3.08. The van der Waals surface area contributed by atoms with E-state index in [1.54, 1.807) is 30.3 Å². The Morgan fingerprint density at radius 3 is 2.56 bits per heavy atom. The summed E-state index contributed by atoms with van der Waals surface area (Å²) in [4.78, 5) is 20.3. The van der Waals surface area contributed by atoms with Gasteiger partial charge in [0.1, 0.15) is 0 Å². The molecule has 0 fully saturated rings. The largest absolute Gasteiger partial charge is 0.471 e. The number of carbonyl (C=O) groups is 1. The summed E-state index contributed by atoms with van der Waals surface area (Å²) in [7, 11) is 1.39. The number of benzene rings is 1. The van der Waals surface area contributed by atoms with Crippen molar-refractivity contribution < 1.29 is 27.3 Å². The smallest absolute Gasteiger partial charge is 0.329 e. The Hall–Kier alpha value is -2.68. The first-order valence-electron chi connectivity index (χ1n) is 7.30. The number of aromatic nitrogens is 2. The van der Waals surface area contributed by atoms with Crippen LogP contribution in [0.25, 0.3) is 11.4 Å². The molecule has 134 valence electrons. The van der Waals surface area contributed by atoms with Crippen molar-refractivity contribution in [2.45, 2.75) is 25.6 Å². The number of hydroxylamine groups is 2. The predicted molar refractivity (Wildman–Crippen MR) is 81.7 cm³/mol. The Labute approximate surface area is 141 Å². The standard InChI is InChI=1S/C16H16F3N3O3/c1-3-4-5-13(23)22(24-2)10-11-6-8-12(9-7-11)14-20-15(25-21-14)16(17,18)19/h3,6-9H,1,4-5,10H2,2H3. The molecule has 0 saturated heterocycles. The molecule has 2 rings (SSSR count). The van der Waals surface area contributed by atoms with Crippen molar-refractivity contribution in [3.05, 3.63) is 48.4 Å². The first kappa shape index (κ1) is 18.7. The van der Waals surface area contributed by atoms with Crippen LogP contribution in [0.2, 0.25) is 0 Å². The summed E-state index contributed by atoms with van der Waals surface area (Å²) >= 11 is 0. The fourth-order valence-corrected chi connectivity index (χ4v) is 1.99. The van der Waals surface area contributed by atoms with Crippen LogP contribution in [-0.2, 0) is 22.4 Å². The fourth-order valence-electron chi connectivity index (χ4n) is 1.99. The molecule has 2 aromatic rings. The Morgan fingerprint density at radius 1 is 1.36 bits per heavy atom. The number of rotatable bonds is 7. The molecule has 1 amide bonds. The monoisotopic (exact) mass is 355 g/mol. The van der Waals surface area contributed by atoms with E-state index in [1.165, 1.54) is 12.2 Å². The molecule has 0 aliphatic rings. The number of nitrogens with zero attached hydrogens (tertiary/aromatic N) is 3. The van der Waals surface area contributed by atoms with E-state index in [2.05, 4.69) is 21.2 Å².